The number of nitrogens with one attached hydrogen (secondary N) is 1. The Morgan fingerprint density at radius 2 is 2.07 bits per heavy atom. The van der Waals surface area contributed by atoms with Gasteiger partial charge in [-0.3, -0.25) is 5.01 Å². The van der Waals surface area contributed by atoms with Crippen molar-refractivity contribution in [2.24, 2.45) is 5.84 Å². The van der Waals surface area contributed by atoms with Gasteiger partial charge in [0.1, 0.15) is 0 Å². The van der Waals surface area contributed by atoms with Crippen molar-refractivity contribution in [2.45, 2.75) is 6.54 Å². The van der Waals surface area contributed by atoms with Gasteiger partial charge in [-0.25, -0.2) is 5.84 Å². The van der Waals surface area contributed by atoms with E-state index in [0.29, 0.717) is 0 Å². The molecular weight excluding hydrogens is 206 g/mol. The molecule has 0 saturated heterocycles. The highest BCUT2D eigenvalue weighted by Gasteiger charge is 2.17. The van der Waals surface area contributed by atoms with Crippen LogP contribution in [0.15, 0.2) is 35.0 Å². The van der Waals surface area contributed by atoms with E-state index in [0.717, 1.165) is 23.6 Å². The number of benzene rings is 1. The van der Waals surface area contributed by atoms with Gasteiger partial charge in [0.25, 0.3) is 0 Å². The topological polar surface area (TPSA) is 41.3 Å². The van der Waals surface area contributed by atoms with Gasteiger partial charge in [0.15, 0.2) is 0 Å². The molecule has 3 rings (SSSR count). The largest absolute Gasteiger partial charge is 0.379 e. The number of thiophene rings is 1. The van der Waals surface area contributed by atoms with E-state index in [2.05, 4.69) is 16.1 Å². The quantitative estimate of drug-likeness (QED) is 0.667. The van der Waals surface area contributed by atoms with E-state index in [4.69, 9.17) is 5.84 Å². The summed E-state index contributed by atoms with van der Waals surface area (Å²) in [7, 11) is 0. The lowest BCUT2D eigenvalue weighted by atomic mass is 10.2. The molecule has 0 unspecified atom stereocenters. The van der Waals surface area contributed by atoms with Crippen LogP contribution in [0.4, 0.5) is 17.1 Å². The highest BCUT2D eigenvalue weighted by Crippen LogP contribution is 2.36. The van der Waals surface area contributed by atoms with Gasteiger partial charge in [0.05, 0.1) is 17.1 Å². The van der Waals surface area contributed by atoms with Crippen LogP contribution in [0.2, 0.25) is 0 Å². The molecule has 4 heteroatoms. The highest BCUT2D eigenvalue weighted by atomic mass is 32.1. The van der Waals surface area contributed by atoms with Crippen molar-refractivity contribution in [1.82, 2.24) is 0 Å². The van der Waals surface area contributed by atoms with Crippen LogP contribution in [0.1, 0.15) is 5.56 Å². The first kappa shape index (κ1) is 8.76. The summed E-state index contributed by atoms with van der Waals surface area (Å²) in [6.07, 6.45) is 0. The van der Waals surface area contributed by atoms with Crippen LogP contribution in [0.5, 0.6) is 0 Å². The van der Waals surface area contributed by atoms with E-state index in [9.17, 15) is 0 Å². The van der Waals surface area contributed by atoms with Gasteiger partial charge in [-0.15, -0.1) is 11.3 Å². The van der Waals surface area contributed by atoms with Crippen LogP contribution in [0.25, 0.3) is 0 Å². The van der Waals surface area contributed by atoms with Crippen molar-refractivity contribution in [3.63, 3.8) is 0 Å². The van der Waals surface area contributed by atoms with Crippen LogP contribution >= 0.6 is 11.3 Å². The fraction of sp³-hybridized carbons (Fsp3) is 0.0909. The van der Waals surface area contributed by atoms with E-state index in [1.807, 2.05) is 24.3 Å². The molecule has 2 heterocycles. The Hall–Kier alpha value is -1.52. The molecule has 3 nitrogen and oxygen atoms in total. The molecule has 0 saturated carbocycles. The molecule has 1 aliphatic heterocycles. The number of nitrogens with zero attached hydrogens (tertiary/aromatic N) is 1. The van der Waals surface area contributed by atoms with Crippen molar-refractivity contribution in [2.75, 3.05) is 10.3 Å². The van der Waals surface area contributed by atoms with Gasteiger partial charge in [-0.05, 0) is 17.5 Å². The van der Waals surface area contributed by atoms with Crippen molar-refractivity contribution in [3.8, 4) is 0 Å². The predicted octanol–water partition coefficient (Wildman–Crippen LogP) is 2.69. The van der Waals surface area contributed by atoms with Crippen molar-refractivity contribution in [1.29, 1.82) is 0 Å². The molecule has 0 fully saturated rings. The summed E-state index contributed by atoms with van der Waals surface area (Å²) in [5.74, 6) is 6.10. The molecule has 1 aliphatic rings. The minimum atomic E-state index is 0.837. The smallest absolute Gasteiger partial charge is 0.0807 e. The number of para-hydroxylation sites is 2. The first-order valence-electron chi connectivity index (χ1n) is 4.79. The number of anilines is 3. The van der Waals surface area contributed by atoms with Crippen LogP contribution in [0, 0.1) is 0 Å². The number of fused-ring (bicyclic) bond motifs is 2. The number of hydrogen-bond donors (Lipinski definition) is 2. The number of nitrogens with two attached hydrogens (primary N) is 1. The van der Waals surface area contributed by atoms with Crippen LogP contribution < -0.4 is 16.2 Å². The van der Waals surface area contributed by atoms with E-state index < -0.39 is 0 Å². The highest BCUT2D eigenvalue weighted by molar-refractivity contribution is 7.08. The van der Waals surface area contributed by atoms with E-state index in [1.54, 1.807) is 16.3 Å². The molecule has 76 valence electrons. The second kappa shape index (κ2) is 3.25. The monoisotopic (exact) mass is 217 g/mol. The lowest BCUT2D eigenvalue weighted by Crippen LogP contribution is -2.24. The molecule has 0 atom stereocenters. The molecular formula is C11H11N3S. The van der Waals surface area contributed by atoms with E-state index in [-0.39, 0.29) is 0 Å². The Bertz CT molecular complexity index is 492. The van der Waals surface area contributed by atoms with Gasteiger partial charge in [0, 0.05) is 17.5 Å². The number of rotatable bonds is 0. The Balaban J connectivity index is 2.18. The molecule has 15 heavy (non-hydrogen) atoms. The fourth-order valence-electron chi connectivity index (χ4n) is 1.81. The number of hydrazine groups is 1. The van der Waals surface area contributed by atoms with Crippen LogP contribution in [0.3, 0.4) is 0 Å². The third-order valence-corrected chi connectivity index (χ3v) is 3.39. The van der Waals surface area contributed by atoms with Crippen molar-refractivity contribution < 1.29 is 0 Å². The van der Waals surface area contributed by atoms with Gasteiger partial charge in [-0.1, -0.05) is 12.1 Å². The molecule has 1 aromatic heterocycles. The molecule has 0 aliphatic carbocycles. The Morgan fingerprint density at radius 3 is 3.00 bits per heavy atom. The van der Waals surface area contributed by atoms with E-state index >= 15 is 0 Å². The third-order valence-electron chi connectivity index (χ3n) is 2.61. The molecule has 0 amide bonds. The van der Waals surface area contributed by atoms with Gasteiger partial charge in [0.2, 0.25) is 0 Å². The maximum absolute atomic E-state index is 6.10. The first-order chi connectivity index (χ1) is 7.36. The van der Waals surface area contributed by atoms with Crippen LogP contribution in [-0.2, 0) is 6.54 Å². The predicted molar refractivity (Wildman–Crippen MR) is 64.4 cm³/mol. The van der Waals surface area contributed by atoms with Gasteiger partial charge in [-0.2, -0.15) is 0 Å². The lowest BCUT2D eigenvalue weighted by Gasteiger charge is -2.18. The van der Waals surface area contributed by atoms with Crippen molar-refractivity contribution >= 4 is 28.4 Å². The summed E-state index contributed by atoms with van der Waals surface area (Å²) in [5, 5.41) is 9.35. The average Bonchev–Trinajstić information content (AvgIpc) is 2.69. The SMILES string of the molecule is NN1c2cscc2CNc2ccccc21. The second-order valence-corrected chi connectivity index (χ2v) is 4.27. The molecule has 3 N–H and O–H groups in total. The zero-order chi connectivity index (χ0) is 10.3. The Morgan fingerprint density at radius 1 is 1.20 bits per heavy atom. The second-order valence-electron chi connectivity index (χ2n) is 3.52. The maximum Gasteiger partial charge on any atom is 0.0807 e. The Kier molecular flexibility index (Phi) is 1.90. The van der Waals surface area contributed by atoms with E-state index in [1.165, 1.54) is 5.56 Å². The van der Waals surface area contributed by atoms with Crippen molar-refractivity contribution in [3.05, 3.63) is 40.6 Å². The summed E-state index contributed by atoms with van der Waals surface area (Å²) in [6.45, 7) is 0.837. The van der Waals surface area contributed by atoms with Crippen LogP contribution in [-0.4, -0.2) is 0 Å². The lowest BCUT2D eigenvalue weighted by molar-refractivity contribution is 1.09. The minimum Gasteiger partial charge on any atom is -0.379 e. The first-order valence-corrected chi connectivity index (χ1v) is 5.73. The number of hydrogen-bond acceptors (Lipinski definition) is 4. The summed E-state index contributed by atoms with van der Waals surface area (Å²) in [4.78, 5) is 0. The third kappa shape index (κ3) is 1.30. The molecule has 2 aromatic rings. The van der Waals surface area contributed by atoms with Gasteiger partial charge >= 0.3 is 0 Å². The average molecular weight is 217 g/mol. The minimum absolute atomic E-state index is 0.837. The summed E-state index contributed by atoms with van der Waals surface area (Å²) in [6, 6.07) is 8.08. The summed E-state index contributed by atoms with van der Waals surface area (Å²) >= 11 is 1.68. The normalized spacial score (nSPS) is 13.8. The summed E-state index contributed by atoms with van der Waals surface area (Å²) in [5.41, 5.74) is 4.45. The Labute approximate surface area is 92.1 Å². The standard InChI is InChI=1S/C11H11N3S/c12-14-10-4-2-1-3-9(10)13-5-8-6-15-7-11(8)14/h1-4,6-7,13H,5,12H2. The zero-order valence-corrected chi connectivity index (χ0v) is 8.92. The summed E-state index contributed by atoms with van der Waals surface area (Å²) < 4.78 is 0. The van der Waals surface area contributed by atoms with Gasteiger partial charge < -0.3 is 5.32 Å². The fourth-order valence-corrected chi connectivity index (χ4v) is 2.64. The maximum atomic E-state index is 6.10. The zero-order valence-electron chi connectivity index (χ0n) is 8.10. The molecule has 0 spiro atoms. The molecule has 0 bridgehead atoms. The molecule has 0 radical (unpaired) electrons. The molecule has 1 aromatic carbocycles.